The number of carbonyl (C=O) groups excluding carboxylic acids is 4. The molecule has 0 aliphatic heterocycles. The van der Waals surface area contributed by atoms with Crippen molar-refractivity contribution in [2.24, 2.45) is 21.7 Å². The summed E-state index contributed by atoms with van der Waals surface area (Å²) in [5, 5.41) is 31.2. The Labute approximate surface area is 860 Å². The summed E-state index contributed by atoms with van der Waals surface area (Å²) >= 11 is 14.3. The van der Waals surface area contributed by atoms with Crippen LogP contribution in [0.1, 0.15) is 161 Å². The lowest BCUT2D eigenvalue weighted by Gasteiger charge is -2.25. The summed E-state index contributed by atoms with van der Waals surface area (Å²) in [7, 11) is 0. The molecule has 0 saturated heterocycles. The smallest absolute Gasteiger partial charge is 0.313 e. The summed E-state index contributed by atoms with van der Waals surface area (Å²) in [6, 6.07) is 39.5. The molecule has 147 heavy (non-hydrogen) atoms. The van der Waals surface area contributed by atoms with Gasteiger partial charge in [-0.3, -0.25) is 19.2 Å². The predicted molar refractivity (Wildman–Crippen MR) is 485 cm³/mol. The molecule has 4 rings (SSSR count). The van der Waals surface area contributed by atoms with E-state index < -0.39 is 212 Å². The van der Waals surface area contributed by atoms with E-state index >= 15 is 0 Å². The number of rotatable bonds is 33. The Morgan fingerprint density at radius 3 is 0.463 bits per heavy atom. The zero-order valence-corrected chi connectivity index (χ0v) is 86.9. The first-order valence-corrected chi connectivity index (χ1v) is 42.7. The van der Waals surface area contributed by atoms with E-state index in [4.69, 9.17) is 25.2 Å². The van der Waals surface area contributed by atoms with Gasteiger partial charge in [0.25, 0.3) is 0 Å². The highest BCUT2D eigenvalue weighted by molar-refractivity contribution is 9.09. The number of halogens is 48. The molecule has 15 nitrogen and oxygen atoms in total. The van der Waals surface area contributed by atoms with Crippen molar-refractivity contribution in [1.29, 1.82) is 0 Å². The Morgan fingerprint density at radius 1 is 0.224 bits per heavy atom. The van der Waals surface area contributed by atoms with Gasteiger partial charge in [-0.05, 0) is 130 Å². The fourth-order valence-electron chi connectivity index (χ4n) is 7.26. The van der Waals surface area contributed by atoms with Gasteiger partial charge in [-0.1, -0.05) is 211 Å². The topological polar surface area (TPSA) is 214 Å². The van der Waals surface area contributed by atoms with Crippen LogP contribution in [0.3, 0.4) is 0 Å². The molecule has 4 unspecified atom stereocenters. The first-order valence-electron chi connectivity index (χ1n) is 39.1. The average Bonchev–Trinajstić information content (AvgIpc) is 0.871. The maximum Gasteiger partial charge on any atom is 0.313 e. The summed E-state index contributed by atoms with van der Waals surface area (Å²) in [5.41, 5.74) is 1.81. The number of unbranched alkanes of at least 4 members (excludes halogenated alkanes) is 5. The van der Waals surface area contributed by atoms with E-state index in [1.165, 1.54) is 5.56 Å². The number of aliphatic hydroxyl groups is 4. The molecule has 0 aliphatic rings. The summed E-state index contributed by atoms with van der Waals surface area (Å²) in [6.45, 7) is -23.0. The van der Waals surface area contributed by atoms with Crippen LogP contribution in [0.2, 0.25) is 0 Å². The molecular weight excluding hydrogens is 2400 g/mol. The molecule has 0 spiro atoms. The zero-order valence-electron chi connectivity index (χ0n) is 80.6. The molecule has 4 atom stereocenters. The van der Waals surface area contributed by atoms with Gasteiger partial charge in [0.1, 0.15) is 20.0 Å². The van der Waals surface area contributed by atoms with E-state index in [1.54, 1.807) is 41.5 Å². The minimum absolute atomic E-state index is 0.0471. The minimum atomic E-state index is -1.75. The Balaban J connectivity index is -0.0000000585. The van der Waals surface area contributed by atoms with Crippen molar-refractivity contribution in [2.75, 3.05) is 205 Å². The Kier molecular flexibility index (Phi) is 244. The number of aliphatic hydroxyl groups excluding tert-OH is 4. The SMILES string of the molecule is CC(C)(CC(Br)c1ccccc1)C(=O)OCCCCCCCCO.CC(C)(CC(Br)c1ccccc1)C(=O)OCF.CC(C)(CC(Br)c1ccccc1)C(=O)OCF.CC(C)(CC(Br)c1ccccc1)C(=O)OCF.FCF.FCF.FCF.FCF.FCF.FCF.FCF.FCF.FCF.FCF.FCF.FCF.FCF.FCF.FCF.FCF.FCOF.FCOF.FCOF.OCCF.OCCF.OCCF. The van der Waals surface area contributed by atoms with Crippen molar-refractivity contribution in [3.63, 3.8) is 0 Å². The van der Waals surface area contributed by atoms with Gasteiger partial charge in [0.15, 0.2) is 0 Å². The Hall–Kier alpha value is -6.68. The third kappa shape index (κ3) is 216. The van der Waals surface area contributed by atoms with E-state index in [-0.39, 0.29) is 51.7 Å². The van der Waals surface area contributed by atoms with Gasteiger partial charge >= 0.3 is 23.9 Å². The van der Waals surface area contributed by atoms with Crippen LogP contribution < -0.4 is 0 Å². The normalized spacial score (nSPS) is 9.85. The quantitative estimate of drug-likeness (QED) is 0.0115. The maximum absolute atomic E-state index is 12.3. The molecular formula is C84H132Br4F44O15. The minimum Gasteiger partial charge on any atom is -0.465 e. The average molecular weight is 2540 g/mol. The zero-order chi connectivity index (χ0) is 120. The van der Waals surface area contributed by atoms with Gasteiger partial charge in [-0.25, -0.2) is 180 Å². The third-order valence-corrected chi connectivity index (χ3v) is 15.7. The molecule has 63 heteroatoms. The highest BCUT2D eigenvalue weighted by atomic mass is 79.9. The molecule has 0 saturated carbocycles. The molecule has 0 aliphatic carbocycles. The van der Waals surface area contributed by atoms with Gasteiger partial charge in [-0.2, -0.15) is 14.8 Å². The molecule has 0 amide bonds. The second-order valence-electron chi connectivity index (χ2n) is 24.0. The molecule has 0 aromatic heterocycles. The fraction of sp³-hybridized carbons (Fsp3) is 0.667. The number of esters is 4. The van der Waals surface area contributed by atoms with Crippen molar-refractivity contribution in [2.45, 2.75) is 139 Å². The number of hydrogen-bond donors (Lipinski definition) is 4. The first-order chi connectivity index (χ1) is 69.5. The molecule has 0 fully saturated rings. The number of ether oxygens (including phenoxy) is 4. The molecule has 0 radical (unpaired) electrons. The summed E-state index contributed by atoms with van der Waals surface area (Å²) in [5.74, 6) is -1.66. The number of carbonyl (C=O) groups is 4. The van der Waals surface area contributed by atoms with Crippen LogP contribution in [0, 0.1) is 21.7 Å². The molecule has 894 valence electrons. The van der Waals surface area contributed by atoms with Gasteiger partial charge in [0.05, 0.1) is 48.1 Å². The molecule has 0 bridgehead atoms. The number of hydrogen-bond acceptors (Lipinski definition) is 15. The largest absolute Gasteiger partial charge is 0.465 e. The molecule has 4 N–H and O–H groups in total. The van der Waals surface area contributed by atoms with Gasteiger partial charge < -0.3 is 39.4 Å². The standard InChI is InChI=1S/C20H31BrO3.3C13H16BrFO2.3C2H5FO.3CH2F2O.16CH2F2/c1-20(2,16-18(21)17-12-8-7-9-13-17)19(23)24-15-11-6-4-3-5-10-14-22;3*1-13(2,12(16)17-9-15)8-11(14)10-6-4-3-5-7-10;3*3-1-2-4;3*2-1-4-3;16*2-1-3/h7-9,12-13,18,22H,3-6,10-11,14-16H2,1-2H3;3*3-7,11H,8-9H2,1-2H3;3*4H,1-2H2;3*1H2;16*1H2. The number of alkyl halides is 45. The monoisotopic (exact) mass is 2530 g/mol. The van der Waals surface area contributed by atoms with Crippen LogP contribution in [-0.2, 0) is 53.0 Å². The van der Waals surface area contributed by atoms with Crippen molar-refractivity contribution in [3.8, 4) is 0 Å². The van der Waals surface area contributed by atoms with E-state index in [1.807, 2.05) is 123 Å². The Morgan fingerprint density at radius 2 is 0.347 bits per heavy atom. The van der Waals surface area contributed by atoms with Gasteiger partial charge in [-0.15, -0.1) is 0 Å². The molecule has 4 aromatic carbocycles. The number of benzene rings is 4. The summed E-state index contributed by atoms with van der Waals surface area (Å²) in [4.78, 5) is 54.4. The first kappa shape index (κ1) is 195. The van der Waals surface area contributed by atoms with Crippen molar-refractivity contribution < 1.29 is 267 Å². The highest BCUT2D eigenvalue weighted by Gasteiger charge is 2.35. The van der Waals surface area contributed by atoms with Gasteiger partial charge in [0.2, 0.25) is 152 Å². The van der Waals surface area contributed by atoms with Crippen LogP contribution in [0.15, 0.2) is 121 Å². The lowest BCUT2D eigenvalue weighted by molar-refractivity contribution is -0.167. The summed E-state index contributed by atoms with van der Waals surface area (Å²) < 4.78 is 454. The van der Waals surface area contributed by atoms with E-state index in [0.717, 1.165) is 55.2 Å². The predicted octanol–water partition coefficient (Wildman–Crippen LogP) is 33.9. The lowest BCUT2D eigenvalue weighted by atomic mass is 9.86. The highest BCUT2D eigenvalue weighted by Crippen LogP contribution is 2.40. The lowest BCUT2D eigenvalue weighted by Crippen LogP contribution is -2.28. The van der Waals surface area contributed by atoms with E-state index in [9.17, 15) is 213 Å². The van der Waals surface area contributed by atoms with Crippen molar-refractivity contribution in [3.05, 3.63) is 144 Å². The van der Waals surface area contributed by atoms with Crippen LogP contribution in [0.4, 0.5) is 194 Å². The van der Waals surface area contributed by atoms with Crippen molar-refractivity contribution >= 4 is 87.6 Å². The van der Waals surface area contributed by atoms with E-state index in [0.29, 0.717) is 32.3 Å². The van der Waals surface area contributed by atoms with Crippen LogP contribution in [0.5, 0.6) is 0 Å². The van der Waals surface area contributed by atoms with Crippen molar-refractivity contribution in [1.82, 2.24) is 0 Å². The van der Waals surface area contributed by atoms with Crippen LogP contribution in [0.25, 0.3) is 0 Å². The Bertz CT molecular complexity index is 2520. The second kappa shape index (κ2) is 184. The second-order valence-corrected chi connectivity index (χ2v) is 28.4. The maximum atomic E-state index is 12.3. The molecule has 4 aromatic rings. The van der Waals surface area contributed by atoms with E-state index in [2.05, 4.69) is 105 Å². The van der Waals surface area contributed by atoms with Crippen LogP contribution in [-0.4, -0.2) is 249 Å². The summed E-state index contributed by atoms with van der Waals surface area (Å²) in [6.07, 6.45) is 8.59. The molecule has 0 heterocycles. The van der Waals surface area contributed by atoms with Gasteiger partial charge in [0, 0.05) is 25.9 Å². The third-order valence-electron chi connectivity index (χ3n) is 12.3. The fourth-order valence-corrected chi connectivity index (χ4v) is 11.7. The van der Waals surface area contributed by atoms with Crippen LogP contribution >= 0.6 is 63.7 Å².